The van der Waals surface area contributed by atoms with Gasteiger partial charge in [0.2, 0.25) is 15.9 Å². The molecule has 1 aliphatic heterocycles. The van der Waals surface area contributed by atoms with Gasteiger partial charge in [-0.15, -0.1) is 0 Å². The van der Waals surface area contributed by atoms with Crippen LogP contribution in [0.25, 0.3) is 0 Å². The zero-order valence-corrected chi connectivity index (χ0v) is 13.3. The Bertz CT molecular complexity index is 584. The number of carbonyl (C=O) groups is 1. The van der Waals surface area contributed by atoms with Crippen LogP contribution in [0, 0.1) is 5.92 Å². The monoisotopic (exact) mass is 310 g/mol. The average Bonchev–Trinajstić information content (AvgIpc) is 2.47. The molecule has 0 aromatic heterocycles. The number of benzene rings is 1. The molecule has 6 heteroatoms. The predicted octanol–water partition coefficient (Wildman–Crippen LogP) is 1.61. The Morgan fingerprint density at radius 1 is 1.29 bits per heavy atom. The van der Waals surface area contributed by atoms with Gasteiger partial charge in [-0.25, -0.2) is 8.42 Å². The average molecular weight is 310 g/mol. The molecule has 0 aliphatic carbocycles. The van der Waals surface area contributed by atoms with Gasteiger partial charge in [-0.3, -0.25) is 4.79 Å². The van der Waals surface area contributed by atoms with Crippen LogP contribution in [0.2, 0.25) is 0 Å². The molecule has 5 nitrogen and oxygen atoms in total. The lowest BCUT2D eigenvalue weighted by Gasteiger charge is -2.31. The first-order chi connectivity index (χ1) is 9.91. The second kappa shape index (κ2) is 6.58. The third kappa shape index (κ3) is 3.83. The summed E-state index contributed by atoms with van der Waals surface area (Å²) < 4.78 is 26.6. The van der Waals surface area contributed by atoms with Crippen molar-refractivity contribution < 1.29 is 13.2 Å². The van der Waals surface area contributed by atoms with E-state index < -0.39 is 10.0 Å². The van der Waals surface area contributed by atoms with Gasteiger partial charge in [0.1, 0.15) is 0 Å². The number of hydrogen-bond acceptors (Lipinski definition) is 3. The molecule has 1 atom stereocenters. The molecule has 21 heavy (non-hydrogen) atoms. The molecular weight excluding hydrogens is 288 g/mol. The van der Waals surface area contributed by atoms with Crippen molar-refractivity contribution in [3.05, 3.63) is 30.3 Å². The third-order valence-electron chi connectivity index (χ3n) is 3.57. The van der Waals surface area contributed by atoms with E-state index in [1.807, 2.05) is 13.8 Å². The van der Waals surface area contributed by atoms with Gasteiger partial charge in [0.05, 0.1) is 10.8 Å². The molecule has 116 valence electrons. The van der Waals surface area contributed by atoms with E-state index in [-0.39, 0.29) is 29.3 Å². The number of rotatable bonds is 4. The Hall–Kier alpha value is -1.40. The fourth-order valence-corrected chi connectivity index (χ4v) is 4.06. The van der Waals surface area contributed by atoms with Crippen LogP contribution in [0.15, 0.2) is 35.2 Å². The first-order valence-corrected chi connectivity index (χ1v) is 8.71. The summed E-state index contributed by atoms with van der Waals surface area (Å²) in [6.45, 7) is 4.54. The Morgan fingerprint density at radius 3 is 2.57 bits per heavy atom. The summed E-state index contributed by atoms with van der Waals surface area (Å²) in [5.41, 5.74) is 0. The minimum Gasteiger partial charge on any atom is -0.354 e. The van der Waals surface area contributed by atoms with Gasteiger partial charge in [0, 0.05) is 19.1 Å². The molecule has 1 aromatic carbocycles. The molecule has 2 rings (SSSR count). The van der Waals surface area contributed by atoms with Gasteiger partial charge < -0.3 is 5.32 Å². The van der Waals surface area contributed by atoms with Crippen molar-refractivity contribution in [1.29, 1.82) is 0 Å². The minimum absolute atomic E-state index is 0.0574. The number of piperidine rings is 1. The largest absolute Gasteiger partial charge is 0.354 e. The van der Waals surface area contributed by atoms with E-state index in [0.717, 1.165) is 6.42 Å². The topological polar surface area (TPSA) is 66.5 Å². The molecule has 1 unspecified atom stereocenters. The van der Waals surface area contributed by atoms with E-state index in [2.05, 4.69) is 5.32 Å². The molecule has 0 bridgehead atoms. The second-order valence-electron chi connectivity index (χ2n) is 5.68. The summed E-state index contributed by atoms with van der Waals surface area (Å²) in [5.74, 6) is -0.322. The zero-order valence-electron chi connectivity index (χ0n) is 12.5. The lowest BCUT2D eigenvalue weighted by molar-refractivity contribution is -0.126. The number of sulfonamides is 1. The highest BCUT2D eigenvalue weighted by atomic mass is 32.2. The van der Waals surface area contributed by atoms with Gasteiger partial charge in [0.25, 0.3) is 0 Å². The highest BCUT2D eigenvalue weighted by Crippen LogP contribution is 2.23. The Labute approximate surface area is 126 Å². The SMILES string of the molecule is CC(C)NC(=O)C1CCCN(S(=O)(=O)c2ccccc2)C1. The van der Waals surface area contributed by atoms with E-state index in [0.29, 0.717) is 13.0 Å². The van der Waals surface area contributed by atoms with Crippen LogP contribution in [0.4, 0.5) is 0 Å². The highest BCUT2D eigenvalue weighted by molar-refractivity contribution is 7.89. The number of carbonyl (C=O) groups excluding carboxylic acids is 1. The van der Waals surface area contributed by atoms with Gasteiger partial charge in [-0.1, -0.05) is 18.2 Å². The smallest absolute Gasteiger partial charge is 0.243 e. The lowest BCUT2D eigenvalue weighted by Crippen LogP contribution is -2.46. The highest BCUT2D eigenvalue weighted by Gasteiger charge is 2.33. The summed E-state index contributed by atoms with van der Waals surface area (Å²) >= 11 is 0. The fraction of sp³-hybridized carbons (Fsp3) is 0.533. The Kier molecular flexibility index (Phi) is 5.00. The third-order valence-corrected chi connectivity index (χ3v) is 5.45. The maximum Gasteiger partial charge on any atom is 0.243 e. The van der Waals surface area contributed by atoms with Crippen LogP contribution in [0.1, 0.15) is 26.7 Å². The van der Waals surface area contributed by atoms with E-state index >= 15 is 0 Å². The van der Waals surface area contributed by atoms with Crippen LogP contribution in [-0.4, -0.2) is 37.8 Å². The van der Waals surface area contributed by atoms with Crippen molar-refractivity contribution in [2.45, 2.75) is 37.6 Å². The van der Waals surface area contributed by atoms with Crippen LogP contribution >= 0.6 is 0 Å². The van der Waals surface area contributed by atoms with E-state index in [9.17, 15) is 13.2 Å². The van der Waals surface area contributed by atoms with Gasteiger partial charge in [0.15, 0.2) is 0 Å². The second-order valence-corrected chi connectivity index (χ2v) is 7.62. The molecular formula is C15H22N2O3S. The van der Waals surface area contributed by atoms with Crippen LogP contribution < -0.4 is 5.32 Å². The van der Waals surface area contributed by atoms with Crippen molar-refractivity contribution in [1.82, 2.24) is 9.62 Å². The van der Waals surface area contributed by atoms with Crippen molar-refractivity contribution in [3.8, 4) is 0 Å². The first kappa shape index (κ1) is 16.0. The van der Waals surface area contributed by atoms with Crippen molar-refractivity contribution in [3.63, 3.8) is 0 Å². The molecule has 1 aliphatic rings. The first-order valence-electron chi connectivity index (χ1n) is 7.27. The molecule has 1 aromatic rings. The maximum atomic E-state index is 12.6. The summed E-state index contributed by atoms with van der Waals surface area (Å²) in [7, 11) is -3.50. The quantitative estimate of drug-likeness (QED) is 0.919. The Balaban J connectivity index is 2.12. The Morgan fingerprint density at radius 2 is 1.95 bits per heavy atom. The minimum atomic E-state index is -3.50. The molecule has 1 amide bonds. The van der Waals surface area contributed by atoms with Gasteiger partial charge in [-0.05, 0) is 38.8 Å². The summed E-state index contributed by atoms with van der Waals surface area (Å²) in [4.78, 5) is 12.4. The van der Waals surface area contributed by atoms with E-state index in [1.165, 1.54) is 4.31 Å². The van der Waals surface area contributed by atoms with Crippen LogP contribution in [0.3, 0.4) is 0 Å². The summed E-state index contributed by atoms with van der Waals surface area (Å²) in [5, 5.41) is 2.86. The van der Waals surface area contributed by atoms with Gasteiger partial charge >= 0.3 is 0 Å². The molecule has 0 saturated carbocycles. The number of amides is 1. The van der Waals surface area contributed by atoms with Crippen molar-refractivity contribution >= 4 is 15.9 Å². The maximum absolute atomic E-state index is 12.6. The van der Waals surface area contributed by atoms with Gasteiger partial charge in [-0.2, -0.15) is 4.31 Å². The predicted molar refractivity (Wildman–Crippen MR) is 81.2 cm³/mol. The van der Waals surface area contributed by atoms with Crippen molar-refractivity contribution in [2.24, 2.45) is 5.92 Å². The summed E-state index contributed by atoms with van der Waals surface area (Å²) in [6.07, 6.45) is 1.45. The lowest BCUT2D eigenvalue weighted by atomic mass is 9.98. The molecule has 1 N–H and O–H groups in total. The number of nitrogens with one attached hydrogen (secondary N) is 1. The zero-order chi connectivity index (χ0) is 15.5. The van der Waals surface area contributed by atoms with Crippen LogP contribution in [0.5, 0.6) is 0 Å². The number of nitrogens with zero attached hydrogens (tertiary/aromatic N) is 1. The standard InChI is InChI=1S/C15H22N2O3S/c1-12(2)16-15(18)13-7-6-10-17(11-13)21(19,20)14-8-4-3-5-9-14/h3-5,8-9,12-13H,6-7,10-11H2,1-2H3,(H,16,18). The molecule has 1 fully saturated rings. The normalized spacial score (nSPS) is 20.4. The fourth-order valence-electron chi connectivity index (χ4n) is 2.52. The molecule has 1 saturated heterocycles. The van der Waals surface area contributed by atoms with Crippen molar-refractivity contribution in [2.75, 3.05) is 13.1 Å². The van der Waals surface area contributed by atoms with E-state index in [4.69, 9.17) is 0 Å². The number of hydrogen-bond donors (Lipinski definition) is 1. The molecule has 0 radical (unpaired) electrons. The van der Waals surface area contributed by atoms with E-state index in [1.54, 1.807) is 30.3 Å². The summed E-state index contributed by atoms with van der Waals surface area (Å²) in [6, 6.07) is 8.45. The van der Waals surface area contributed by atoms with Crippen LogP contribution in [-0.2, 0) is 14.8 Å². The molecule has 1 heterocycles. The molecule has 0 spiro atoms.